The monoisotopic (exact) mass is 1020 g/mol. The lowest BCUT2D eigenvalue weighted by molar-refractivity contribution is 1.18. The number of thiophene rings is 1. The fourth-order valence-corrected chi connectivity index (χ4v) is 14.9. The molecule has 0 saturated carbocycles. The first-order chi connectivity index (χ1) is 39.2. The molecular formula is C76H46N2S. The van der Waals surface area contributed by atoms with Crippen LogP contribution in [0.4, 0.5) is 0 Å². The lowest BCUT2D eigenvalue weighted by atomic mass is 9.85. The summed E-state index contributed by atoms with van der Waals surface area (Å²) in [6.45, 7) is 0. The molecular weight excluding hydrogens is 973 g/mol. The molecule has 0 aliphatic heterocycles. The first kappa shape index (κ1) is 44.1. The number of hydrogen-bond donors (Lipinski definition) is 0. The van der Waals surface area contributed by atoms with Crippen LogP contribution in [0.15, 0.2) is 279 Å². The zero-order chi connectivity index (χ0) is 51.7. The lowest BCUT2D eigenvalue weighted by Crippen LogP contribution is -1.94. The number of rotatable bonds is 6. The van der Waals surface area contributed by atoms with Crippen molar-refractivity contribution in [3.05, 3.63) is 279 Å². The maximum absolute atomic E-state index is 2.46. The van der Waals surface area contributed by atoms with Gasteiger partial charge in [-0.25, -0.2) is 0 Å². The van der Waals surface area contributed by atoms with Crippen LogP contribution in [0.1, 0.15) is 0 Å². The van der Waals surface area contributed by atoms with Crippen LogP contribution in [0.25, 0.3) is 163 Å². The zero-order valence-corrected chi connectivity index (χ0v) is 43.7. The Bertz CT molecular complexity index is 5250. The summed E-state index contributed by atoms with van der Waals surface area (Å²) in [6.07, 6.45) is 0. The second kappa shape index (κ2) is 17.2. The third kappa shape index (κ3) is 6.51. The van der Waals surface area contributed by atoms with E-state index in [0.29, 0.717) is 0 Å². The summed E-state index contributed by atoms with van der Waals surface area (Å²) in [5.74, 6) is 0. The van der Waals surface area contributed by atoms with Gasteiger partial charge in [-0.3, -0.25) is 0 Å². The van der Waals surface area contributed by atoms with Gasteiger partial charge in [0.15, 0.2) is 0 Å². The van der Waals surface area contributed by atoms with Crippen LogP contribution in [0.2, 0.25) is 0 Å². The summed E-state index contributed by atoms with van der Waals surface area (Å²) >= 11 is 1.92. The number of para-hydroxylation sites is 4. The Morgan fingerprint density at radius 2 is 0.544 bits per heavy atom. The first-order valence-corrected chi connectivity index (χ1v) is 28.1. The summed E-state index contributed by atoms with van der Waals surface area (Å²) in [7, 11) is 0. The third-order valence-electron chi connectivity index (χ3n) is 16.9. The van der Waals surface area contributed by atoms with Gasteiger partial charge in [0, 0.05) is 58.7 Å². The molecule has 79 heavy (non-hydrogen) atoms. The largest absolute Gasteiger partial charge is 0.309 e. The van der Waals surface area contributed by atoms with Gasteiger partial charge in [-0.05, 0) is 137 Å². The molecule has 0 atom stereocenters. The Hall–Kier alpha value is -10.1. The predicted octanol–water partition coefficient (Wildman–Crippen LogP) is 21.5. The Kier molecular flexibility index (Phi) is 9.62. The van der Waals surface area contributed by atoms with Crippen molar-refractivity contribution in [1.82, 2.24) is 9.13 Å². The number of aromatic nitrogens is 2. The lowest BCUT2D eigenvalue weighted by Gasteiger charge is -2.18. The molecule has 0 unspecified atom stereocenters. The van der Waals surface area contributed by atoms with Gasteiger partial charge in [0.05, 0.1) is 22.1 Å². The van der Waals surface area contributed by atoms with Gasteiger partial charge in [-0.2, -0.15) is 0 Å². The van der Waals surface area contributed by atoms with Gasteiger partial charge < -0.3 is 9.13 Å². The summed E-state index contributed by atoms with van der Waals surface area (Å²) in [4.78, 5) is 0. The first-order valence-electron chi connectivity index (χ1n) is 27.2. The molecule has 0 fully saturated rings. The summed E-state index contributed by atoms with van der Waals surface area (Å²) < 4.78 is 7.44. The molecule has 3 heteroatoms. The summed E-state index contributed by atoms with van der Waals surface area (Å²) in [5, 5.41) is 17.6. The van der Waals surface area contributed by atoms with Crippen molar-refractivity contribution in [3.63, 3.8) is 0 Å². The van der Waals surface area contributed by atoms with Crippen molar-refractivity contribution < 1.29 is 0 Å². The quantitative estimate of drug-likeness (QED) is 0.147. The highest BCUT2D eigenvalue weighted by Crippen LogP contribution is 2.51. The van der Waals surface area contributed by atoms with E-state index in [4.69, 9.17) is 0 Å². The second-order valence-electron chi connectivity index (χ2n) is 21.0. The van der Waals surface area contributed by atoms with Gasteiger partial charge in [0.25, 0.3) is 0 Å². The fraction of sp³-hybridized carbons (Fsp3) is 0. The van der Waals surface area contributed by atoms with Gasteiger partial charge in [0.1, 0.15) is 0 Å². The molecule has 3 aromatic heterocycles. The Balaban J connectivity index is 0.846. The van der Waals surface area contributed by atoms with Crippen LogP contribution in [-0.4, -0.2) is 9.13 Å². The van der Waals surface area contributed by atoms with Crippen LogP contribution in [-0.2, 0) is 0 Å². The molecule has 0 N–H and O–H groups in total. The number of fused-ring (bicyclic) bond motifs is 13. The molecule has 0 aliphatic rings. The minimum Gasteiger partial charge on any atom is -0.309 e. The number of benzene rings is 14. The van der Waals surface area contributed by atoms with E-state index >= 15 is 0 Å². The topological polar surface area (TPSA) is 9.86 Å². The molecule has 0 radical (unpaired) electrons. The molecule has 2 nitrogen and oxygen atoms in total. The minimum absolute atomic E-state index is 1.16. The van der Waals surface area contributed by atoms with Crippen LogP contribution in [0.3, 0.4) is 0 Å². The average Bonchev–Trinajstić information content (AvgIpc) is 4.37. The molecule has 17 aromatic rings. The SMILES string of the molecule is c1ccc(-n2c3ccccc3c3ccc(-c4c5ccccc5c(-c5ccc6c(c5)sc5c(-c7c8ccccc8c(-c8ccc9c%10ccccc%10n(-c%10ccccc%10)c9c8)c8ccccc78)cccc56)c5ccccc45)cc32)cc1. The molecule has 0 aliphatic carbocycles. The van der Waals surface area contributed by atoms with Crippen molar-refractivity contribution in [2.75, 3.05) is 0 Å². The summed E-state index contributed by atoms with van der Waals surface area (Å²) in [5.41, 5.74) is 17.1. The van der Waals surface area contributed by atoms with Crippen LogP contribution in [0, 0.1) is 0 Å². The van der Waals surface area contributed by atoms with E-state index in [1.165, 1.54) is 151 Å². The van der Waals surface area contributed by atoms with Crippen LogP contribution in [0.5, 0.6) is 0 Å². The normalized spacial score (nSPS) is 12.1. The van der Waals surface area contributed by atoms with E-state index < -0.39 is 0 Å². The molecule has 0 bridgehead atoms. The van der Waals surface area contributed by atoms with E-state index in [9.17, 15) is 0 Å². The molecule has 3 heterocycles. The van der Waals surface area contributed by atoms with E-state index in [1.807, 2.05) is 11.3 Å². The highest BCUT2D eigenvalue weighted by Gasteiger charge is 2.23. The molecule has 0 spiro atoms. The van der Waals surface area contributed by atoms with Crippen molar-refractivity contribution in [2.24, 2.45) is 0 Å². The van der Waals surface area contributed by atoms with Crippen molar-refractivity contribution >= 4 is 118 Å². The second-order valence-corrected chi connectivity index (χ2v) is 22.1. The van der Waals surface area contributed by atoms with Gasteiger partial charge in [-0.15, -0.1) is 11.3 Å². The standard InChI is InChI=1S/C76H46N2S/c1-3-20-50(21-4-1)77-67-36-17-15-24-52(67)54-41-38-47(44-69(54)77)72-57-26-7-9-28-59(57)74(60-29-10-8-27-58(60)72)49-40-43-56-65-34-19-35-66(76(65)79-71(56)46-49)75-63-32-13-11-30-61(63)73(62-31-12-14-33-64(62)75)48-39-42-55-53-25-16-18-37-68(53)78(70(55)45-48)51-22-5-2-6-23-51/h1-46H. The van der Waals surface area contributed by atoms with Crippen molar-refractivity contribution in [3.8, 4) is 55.9 Å². The van der Waals surface area contributed by atoms with Gasteiger partial charge in [-0.1, -0.05) is 224 Å². The van der Waals surface area contributed by atoms with E-state index in [-0.39, 0.29) is 0 Å². The number of hydrogen-bond acceptors (Lipinski definition) is 1. The van der Waals surface area contributed by atoms with E-state index in [2.05, 4.69) is 288 Å². The maximum atomic E-state index is 2.46. The highest BCUT2D eigenvalue weighted by molar-refractivity contribution is 7.26. The van der Waals surface area contributed by atoms with Crippen LogP contribution < -0.4 is 0 Å². The predicted molar refractivity (Wildman–Crippen MR) is 340 cm³/mol. The smallest absolute Gasteiger partial charge is 0.0547 e. The third-order valence-corrected chi connectivity index (χ3v) is 18.1. The molecule has 17 rings (SSSR count). The van der Waals surface area contributed by atoms with Crippen LogP contribution >= 0.6 is 11.3 Å². The highest BCUT2D eigenvalue weighted by atomic mass is 32.1. The van der Waals surface area contributed by atoms with Gasteiger partial charge >= 0.3 is 0 Å². The zero-order valence-electron chi connectivity index (χ0n) is 42.9. The average molecular weight is 1020 g/mol. The maximum Gasteiger partial charge on any atom is 0.0547 e. The van der Waals surface area contributed by atoms with Gasteiger partial charge in [0.2, 0.25) is 0 Å². The summed E-state index contributed by atoms with van der Waals surface area (Å²) in [6, 6.07) is 104. The van der Waals surface area contributed by atoms with E-state index in [1.54, 1.807) is 0 Å². The molecule has 0 saturated heterocycles. The Labute approximate surface area is 459 Å². The van der Waals surface area contributed by atoms with E-state index in [0.717, 1.165) is 11.4 Å². The number of nitrogens with zero attached hydrogens (tertiary/aromatic N) is 2. The minimum atomic E-state index is 1.16. The van der Waals surface area contributed by atoms with Crippen molar-refractivity contribution in [1.29, 1.82) is 0 Å². The van der Waals surface area contributed by atoms with Crippen molar-refractivity contribution in [2.45, 2.75) is 0 Å². The molecule has 14 aromatic carbocycles. The Morgan fingerprint density at radius 3 is 0.975 bits per heavy atom. The fourth-order valence-electron chi connectivity index (χ4n) is 13.6. The molecule has 0 amide bonds. The molecule has 366 valence electrons. The Morgan fingerprint density at radius 1 is 0.215 bits per heavy atom.